The minimum atomic E-state index is -0.632. The Morgan fingerprint density at radius 3 is 2.43 bits per heavy atom. The van der Waals surface area contributed by atoms with Gasteiger partial charge in [-0.15, -0.1) is 0 Å². The molecule has 0 fully saturated rings. The summed E-state index contributed by atoms with van der Waals surface area (Å²) < 4.78 is 0. The van der Waals surface area contributed by atoms with Gasteiger partial charge in [0.25, 0.3) is 0 Å². The molecule has 30 heavy (non-hydrogen) atoms. The summed E-state index contributed by atoms with van der Waals surface area (Å²) >= 11 is 0. The molecule has 0 spiro atoms. The summed E-state index contributed by atoms with van der Waals surface area (Å²) in [6.45, 7) is 4.03. The van der Waals surface area contributed by atoms with E-state index in [1.165, 1.54) is 6.33 Å². The van der Waals surface area contributed by atoms with E-state index in [9.17, 15) is 0 Å². The number of pyridine rings is 2. The minimum absolute atomic E-state index is 0.376. The first-order valence-corrected chi connectivity index (χ1v) is 9.88. The molecule has 3 aromatic heterocycles. The number of fused-ring (bicyclic) bond motifs is 1. The molecule has 148 valence electrons. The van der Waals surface area contributed by atoms with Crippen molar-refractivity contribution in [2.24, 2.45) is 5.73 Å². The number of nitrogens with two attached hydrogens (primary N) is 1. The van der Waals surface area contributed by atoms with Crippen molar-refractivity contribution in [1.82, 2.24) is 25.3 Å². The fourth-order valence-corrected chi connectivity index (χ4v) is 4.44. The largest absolute Gasteiger partial charge is 0.311 e. The molecular weight excluding hydrogens is 372 g/mol. The van der Waals surface area contributed by atoms with Crippen LogP contribution in [-0.2, 0) is 5.54 Å². The first kappa shape index (κ1) is 18.5. The summed E-state index contributed by atoms with van der Waals surface area (Å²) in [6, 6.07) is 16.7. The van der Waals surface area contributed by atoms with E-state index in [4.69, 9.17) is 5.73 Å². The Kier molecular flexibility index (Phi) is 4.38. The quantitative estimate of drug-likeness (QED) is 0.554. The molecule has 0 amide bonds. The zero-order valence-corrected chi connectivity index (χ0v) is 16.9. The Balaban J connectivity index is 1.79. The number of nitrogens with zero attached hydrogens (tertiary/aromatic N) is 4. The molecule has 0 bridgehead atoms. The highest BCUT2D eigenvalue weighted by Crippen LogP contribution is 2.45. The smallest absolute Gasteiger partial charge is 0.115 e. The average molecular weight is 394 g/mol. The topological polar surface area (TPSA) is 89.6 Å². The fourth-order valence-electron chi connectivity index (χ4n) is 4.44. The van der Waals surface area contributed by atoms with Gasteiger partial charge >= 0.3 is 0 Å². The standard InChI is InChI=1S/C24H22N6/c1-15-9-20(10-16(2)29-15)24(21-7-4-8-28-22(21)23(25)30-24)19-6-3-5-17(11-19)18-12-26-14-27-13-18/h3-14,23,30H,25H2,1-2H3. The van der Waals surface area contributed by atoms with Crippen molar-refractivity contribution in [2.45, 2.75) is 25.6 Å². The highest BCUT2D eigenvalue weighted by Gasteiger charge is 2.46. The maximum atomic E-state index is 6.51. The van der Waals surface area contributed by atoms with Gasteiger partial charge in [-0.3, -0.25) is 15.3 Å². The van der Waals surface area contributed by atoms with Gasteiger partial charge in [0.05, 0.1) is 11.2 Å². The number of benzene rings is 1. The lowest BCUT2D eigenvalue weighted by atomic mass is 9.78. The van der Waals surface area contributed by atoms with Crippen molar-refractivity contribution in [2.75, 3.05) is 0 Å². The van der Waals surface area contributed by atoms with Crippen molar-refractivity contribution < 1.29 is 0 Å². The van der Waals surface area contributed by atoms with E-state index in [0.717, 1.165) is 44.9 Å². The van der Waals surface area contributed by atoms with Gasteiger partial charge in [0.15, 0.2) is 0 Å². The van der Waals surface area contributed by atoms with Crippen LogP contribution in [0.2, 0.25) is 0 Å². The fraction of sp³-hybridized carbons (Fsp3) is 0.167. The molecule has 0 radical (unpaired) electrons. The van der Waals surface area contributed by atoms with Gasteiger partial charge < -0.3 is 5.73 Å². The maximum absolute atomic E-state index is 6.51. The zero-order valence-electron chi connectivity index (χ0n) is 16.9. The third-order valence-electron chi connectivity index (χ3n) is 5.61. The van der Waals surface area contributed by atoms with E-state index < -0.39 is 5.54 Å². The third kappa shape index (κ3) is 2.89. The van der Waals surface area contributed by atoms with Crippen LogP contribution < -0.4 is 11.1 Å². The van der Waals surface area contributed by atoms with Crippen molar-refractivity contribution in [3.8, 4) is 11.1 Å². The summed E-state index contributed by atoms with van der Waals surface area (Å²) in [4.78, 5) is 17.5. The number of aryl methyl sites for hydroxylation is 2. The first-order valence-electron chi connectivity index (χ1n) is 9.88. The van der Waals surface area contributed by atoms with Crippen LogP contribution in [0.4, 0.5) is 0 Å². The molecule has 2 atom stereocenters. The number of aromatic nitrogens is 4. The van der Waals surface area contributed by atoms with Crippen molar-refractivity contribution in [3.05, 3.63) is 107 Å². The number of hydrogen-bond acceptors (Lipinski definition) is 6. The molecule has 0 saturated carbocycles. The van der Waals surface area contributed by atoms with Gasteiger partial charge in [-0.25, -0.2) is 9.97 Å². The van der Waals surface area contributed by atoms with Crippen LogP contribution in [0.15, 0.2) is 73.4 Å². The average Bonchev–Trinajstić information content (AvgIpc) is 3.08. The third-order valence-corrected chi connectivity index (χ3v) is 5.61. The second kappa shape index (κ2) is 7.09. The number of nitrogens with one attached hydrogen (secondary N) is 1. The Bertz CT molecular complexity index is 1200. The molecule has 1 aromatic carbocycles. The Hall–Kier alpha value is -3.48. The summed E-state index contributed by atoms with van der Waals surface area (Å²) in [5.74, 6) is 0. The molecule has 4 aromatic rings. The molecule has 1 aliphatic rings. The van der Waals surface area contributed by atoms with E-state index in [2.05, 4.69) is 67.7 Å². The van der Waals surface area contributed by atoms with E-state index in [1.54, 1.807) is 6.20 Å². The maximum Gasteiger partial charge on any atom is 0.115 e. The highest BCUT2D eigenvalue weighted by atomic mass is 15.2. The first-order chi connectivity index (χ1) is 14.6. The van der Waals surface area contributed by atoms with E-state index in [1.807, 2.05) is 32.3 Å². The lowest BCUT2D eigenvalue weighted by Gasteiger charge is -2.33. The second-order valence-electron chi connectivity index (χ2n) is 7.65. The van der Waals surface area contributed by atoms with Gasteiger partial charge in [-0.2, -0.15) is 0 Å². The minimum Gasteiger partial charge on any atom is -0.311 e. The van der Waals surface area contributed by atoms with Crippen LogP contribution in [0.5, 0.6) is 0 Å². The second-order valence-corrected chi connectivity index (χ2v) is 7.65. The van der Waals surface area contributed by atoms with Gasteiger partial charge in [0, 0.05) is 41.1 Å². The van der Waals surface area contributed by atoms with Crippen LogP contribution in [0.3, 0.4) is 0 Å². The lowest BCUT2D eigenvalue weighted by molar-refractivity contribution is 0.453. The summed E-state index contributed by atoms with van der Waals surface area (Å²) in [5.41, 5.74) is 13.9. The molecule has 4 heterocycles. The van der Waals surface area contributed by atoms with Gasteiger partial charge in [-0.05, 0) is 54.8 Å². The summed E-state index contributed by atoms with van der Waals surface area (Å²) in [6.07, 6.45) is 6.60. The van der Waals surface area contributed by atoms with Gasteiger partial charge in [-0.1, -0.05) is 24.3 Å². The molecule has 0 saturated heterocycles. The molecule has 6 nitrogen and oxygen atoms in total. The molecule has 5 rings (SSSR count). The van der Waals surface area contributed by atoms with Gasteiger partial charge in [0.2, 0.25) is 0 Å². The number of hydrogen-bond donors (Lipinski definition) is 2. The predicted molar refractivity (Wildman–Crippen MR) is 115 cm³/mol. The Morgan fingerprint density at radius 1 is 0.900 bits per heavy atom. The Labute approximate surface area is 175 Å². The van der Waals surface area contributed by atoms with Crippen molar-refractivity contribution in [3.63, 3.8) is 0 Å². The number of rotatable bonds is 3. The Morgan fingerprint density at radius 2 is 1.67 bits per heavy atom. The van der Waals surface area contributed by atoms with Gasteiger partial charge in [0.1, 0.15) is 12.5 Å². The zero-order chi connectivity index (χ0) is 20.7. The predicted octanol–water partition coefficient (Wildman–Crippen LogP) is 3.40. The molecule has 3 N–H and O–H groups in total. The van der Waals surface area contributed by atoms with Crippen LogP contribution in [-0.4, -0.2) is 19.9 Å². The highest BCUT2D eigenvalue weighted by molar-refractivity contribution is 5.65. The van der Waals surface area contributed by atoms with E-state index in [0.29, 0.717) is 0 Å². The molecule has 1 aliphatic heterocycles. The van der Waals surface area contributed by atoms with Crippen molar-refractivity contribution >= 4 is 0 Å². The van der Waals surface area contributed by atoms with Crippen LogP contribution >= 0.6 is 0 Å². The molecular formula is C24H22N6. The summed E-state index contributed by atoms with van der Waals surface area (Å²) in [5, 5.41) is 3.65. The van der Waals surface area contributed by atoms with Crippen LogP contribution in [0.1, 0.15) is 39.9 Å². The molecule has 0 aliphatic carbocycles. The monoisotopic (exact) mass is 394 g/mol. The van der Waals surface area contributed by atoms with E-state index in [-0.39, 0.29) is 6.17 Å². The van der Waals surface area contributed by atoms with E-state index >= 15 is 0 Å². The lowest BCUT2D eigenvalue weighted by Crippen LogP contribution is -2.42. The van der Waals surface area contributed by atoms with Crippen molar-refractivity contribution in [1.29, 1.82) is 0 Å². The molecule has 6 heteroatoms. The van der Waals surface area contributed by atoms with Crippen LogP contribution in [0, 0.1) is 13.8 Å². The SMILES string of the molecule is Cc1cc(C2(c3cccc(-c4cncnc4)c3)NC(N)c3ncccc32)cc(C)n1. The summed E-state index contributed by atoms with van der Waals surface area (Å²) in [7, 11) is 0. The normalized spacial score (nSPS) is 20.2. The molecule has 2 unspecified atom stereocenters. The van der Waals surface area contributed by atoms with Crippen LogP contribution in [0.25, 0.3) is 11.1 Å².